The Morgan fingerprint density at radius 3 is 3.11 bits per heavy atom. The molecule has 0 saturated heterocycles. The van der Waals surface area contributed by atoms with Gasteiger partial charge in [0.15, 0.2) is 0 Å². The maximum Gasteiger partial charge on any atom is 0.115 e. The lowest BCUT2D eigenvalue weighted by molar-refractivity contribution is 0.613. The average molecular weight is 257 g/mol. The first-order valence-electron chi connectivity index (χ1n) is 6.11. The lowest BCUT2D eigenvalue weighted by atomic mass is 10.0. The maximum absolute atomic E-state index is 4.21. The predicted octanol–water partition coefficient (Wildman–Crippen LogP) is 2.46. The molecule has 92 valence electrons. The first-order chi connectivity index (χ1) is 8.93. The van der Waals surface area contributed by atoms with Crippen LogP contribution in [0.4, 0.5) is 0 Å². The molecule has 0 radical (unpaired) electrons. The quantitative estimate of drug-likeness (QED) is 0.913. The molecule has 2 aromatic rings. The summed E-state index contributed by atoms with van der Waals surface area (Å²) >= 11 is 1.96. The summed E-state index contributed by atoms with van der Waals surface area (Å²) in [4.78, 5) is 9.56. The minimum atomic E-state index is 0.619. The van der Waals surface area contributed by atoms with Crippen LogP contribution in [0.2, 0.25) is 0 Å². The second kappa shape index (κ2) is 5.50. The molecule has 4 heteroatoms. The summed E-state index contributed by atoms with van der Waals surface area (Å²) in [5.41, 5.74) is 2.53. The van der Waals surface area contributed by atoms with E-state index in [-0.39, 0.29) is 0 Å². The predicted molar refractivity (Wildman–Crippen MR) is 73.6 cm³/mol. The summed E-state index contributed by atoms with van der Waals surface area (Å²) in [5, 5.41) is 3.48. The molecule has 1 aromatic carbocycles. The third-order valence-corrected chi connectivity index (χ3v) is 4.39. The lowest BCUT2D eigenvalue weighted by Crippen LogP contribution is -2.21. The van der Waals surface area contributed by atoms with Crippen molar-refractivity contribution in [2.75, 3.05) is 12.3 Å². The van der Waals surface area contributed by atoms with Gasteiger partial charge in [-0.3, -0.25) is 0 Å². The van der Waals surface area contributed by atoms with Gasteiger partial charge in [-0.15, -0.1) is 11.8 Å². The molecule has 0 aliphatic carbocycles. The van der Waals surface area contributed by atoms with Gasteiger partial charge in [-0.1, -0.05) is 18.2 Å². The largest absolute Gasteiger partial charge is 0.311 e. The van der Waals surface area contributed by atoms with Crippen molar-refractivity contribution in [2.45, 2.75) is 17.4 Å². The number of nitrogens with one attached hydrogen (secondary N) is 1. The van der Waals surface area contributed by atoms with E-state index in [2.05, 4.69) is 39.6 Å². The summed E-state index contributed by atoms with van der Waals surface area (Å²) < 4.78 is 0. The Bertz CT molecular complexity index is 515. The molecule has 3 nitrogen and oxygen atoms in total. The monoisotopic (exact) mass is 257 g/mol. The van der Waals surface area contributed by atoms with E-state index < -0.39 is 0 Å². The number of rotatable bonds is 4. The van der Waals surface area contributed by atoms with E-state index >= 15 is 0 Å². The van der Waals surface area contributed by atoms with Crippen LogP contribution in [0, 0.1) is 0 Å². The van der Waals surface area contributed by atoms with Gasteiger partial charge in [-0.2, -0.15) is 0 Å². The standard InChI is InChI=1S/C14H15N3S/c1-2-4-14-13(3-1)11(9-18-14)7-16-8-12-5-6-15-10-17-12/h1-6,10-11,16H,7-9H2. The summed E-state index contributed by atoms with van der Waals surface area (Å²) in [6, 6.07) is 10.6. The van der Waals surface area contributed by atoms with Gasteiger partial charge < -0.3 is 5.32 Å². The fourth-order valence-corrected chi connectivity index (χ4v) is 3.45. The van der Waals surface area contributed by atoms with Crippen LogP contribution in [0.3, 0.4) is 0 Å². The molecule has 0 amide bonds. The van der Waals surface area contributed by atoms with Gasteiger partial charge in [0, 0.05) is 35.9 Å². The zero-order valence-electron chi connectivity index (χ0n) is 10.0. The third kappa shape index (κ3) is 2.54. The van der Waals surface area contributed by atoms with E-state index in [1.54, 1.807) is 12.5 Å². The summed E-state index contributed by atoms with van der Waals surface area (Å²) in [5.74, 6) is 1.80. The number of benzene rings is 1. The Morgan fingerprint density at radius 2 is 2.22 bits per heavy atom. The highest BCUT2D eigenvalue weighted by Crippen LogP contribution is 2.38. The van der Waals surface area contributed by atoms with Gasteiger partial charge in [0.1, 0.15) is 6.33 Å². The van der Waals surface area contributed by atoms with Crippen molar-refractivity contribution in [1.82, 2.24) is 15.3 Å². The van der Waals surface area contributed by atoms with Crippen molar-refractivity contribution in [3.8, 4) is 0 Å². The Kier molecular flexibility index (Phi) is 3.57. The smallest absolute Gasteiger partial charge is 0.115 e. The van der Waals surface area contributed by atoms with E-state index in [1.165, 1.54) is 16.2 Å². The summed E-state index contributed by atoms with van der Waals surface area (Å²) in [6.45, 7) is 1.82. The molecule has 1 N–H and O–H groups in total. The van der Waals surface area contributed by atoms with Crippen LogP contribution in [0.15, 0.2) is 47.8 Å². The summed E-state index contributed by atoms with van der Waals surface area (Å²) in [6.07, 6.45) is 3.38. The van der Waals surface area contributed by atoms with E-state index in [0.717, 1.165) is 18.8 Å². The summed E-state index contributed by atoms with van der Waals surface area (Å²) in [7, 11) is 0. The highest BCUT2D eigenvalue weighted by Gasteiger charge is 2.21. The highest BCUT2D eigenvalue weighted by molar-refractivity contribution is 7.99. The number of aromatic nitrogens is 2. The van der Waals surface area contributed by atoms with Crippen LogP contribution in [-0.4, -0.2) is 22.3 Å². The van der Waals surface area contributed by atoms with E-state index in [4.69, 9.17) is 0 Å². The van der Waals surface area contributed by atoms with Gasteiger partial charge in [-0.25, -0.2) is 9.97 Å². The first kappa shape index (κ1) is 11.7. The van der Waals surface area contributed by atoms with Crippen molar-refractivity contribution < 1.29 is 0 Å². The van der Waals surface area contributed by atoms with Gasteiger partial charge in [0.25, 0.3) is 0 Å². The van der Waals surface area contributed by atoms with Gasteiger partial charge >= 0.3 is 0 Å². The van der Waals surface area contributed by atoms with Gasteiger partial charge in [0.2, 0.25) is 0 Å². The van der Waals surface area contributed by atoms with Crippen LogP contribution in [0.1, 0.15) is 17.2 Å². The first-order valence-corrected chi connectivity index (χ1v) is 7.09. The number of hydrogen-bond donors (Lipinski definition) is 1. The average Bonchev–Trinajstić information content (AvgIpc) is 2.84. The number of hydrogen-bond acceptors (Lipinski definition) is 4. The van der Waals surface area contributed by atoms with Crippen molar-refractivity contribution in [1.29, 1.82) is 0 Å². The number of fused-ring (bicyclic) bond motifs is 1. The van der Waals surface area contributed by atoms with Crippen LogP contribution >= 0.6 is 11.8 Å². The zero-order valence-corrected chi connectivity index (χ0v) is 10.9. The molecule has 0 spiro atoms. The van der Waals surface area contributed by atoms with E-state index in [1.807, 2.05) is 17.8 Å². The second-order valence-electron chi connectivity index (χ2n) is 4.38. The molecule has 1 aliphatic heterocycles. The molecule has 1 aliphatic rings. The lowest BCUT2D eigenvalue weighted by Gasteiger charge is -2.11. The van der Waals surface area contributed by atoms with Crippen LogP contribution < -0.4 is 5.32 Å². The van der Waals surface area contributed by atoms with E-state index in [9.17, 15) is 0 Å². The molecule has 1 aromatic heterocycles. The maximum atomic E-state index is 4.21. The molecular formula is C14H15N3S. The minimum Gasteiger partial charge on any atom is -0.311 e. The zero-order chi connectivity index (χ0) is 12.2. The molecule has 0 saturated carbocycles. The molecule has 1 atom stereocenters. The fraction of sp³-hybridized carbons (Fsp3) is 0.286. The molecule has 18 heavy (non-hydrogen) atoms. The van der Waals surface area contributed by atoms with Crippen LogP contribution in [-0.2, 0) is 6.54 Å². The molecule has 3 rings (SSSR count). The minimum absolute atomic E-state index is 0.619. The Morgan fingerprint density at radius 1 is 1.28 bits per heavy atom. The molecule has 0 fully saturated rings. The normalized spacial score (nSPS) is 17.7. The SMILES string of the molecule is c1ccc2c(c1)SCC2CNCc1ccncn1. The molecule has 2 heterocycles. The third-order valence-electron chi connectivity index (χ3n) is 3.14. The Hall–Kier alpha value is -1.39. The number of nitrogens with zero attached hydrogens (tertiary/aromatic N) is 2. The van der Waals surface area contributed by atoms with Crippen molar-refractivity contribution in [3.05, 3.63) is 54.1 Å². The van der Waals surface area contributed by atoms with Gasteiger partial charge in [-0.05, 0) is 17.7 Å². The molecule has 0 bridgehead atoms. The van der Waals surface area contributed by atoms with Crippen LogP contribution in [0.25, 0.3) is 0 Å². The molecular weight excluding hydrogens is 242 g/mol. The van der Waals surface area contributed by atoms with Crippen molar-refractivity contribution >= 4 is 11.8 Å². The topological polar surface area (TPSA) is 37.8 Å². The Balaban J connectivity index is 1.56. The molecule has 1 unspecified atom stereocenters. The van der Waals surface area contributed by atoms with Gasteiger partial charge in [0.05, 0.1) is 5.69 Å². The van der Waals surface area contributed by atoms with Crippen LogP contribution in [0.5, 0.6) is 0 Å². The fourth-order valence-electron chi connectivity index (χ4n) is 2.20. The van der Waals surface area contributed by atoms with Crippen molar-refractivity contribution in [3.63, 3.8) is 0 Å². The van der Waals surface area contributed by atoms with Crippen molar-refractivity contribution in [2.24, 2.45) is 0 Å². The second-order valence-corrected chi connectivity index (χ2v) is 5.44. The number of thioether (sulfide) groups is 1. The highest BCUT2D eigenvalue weighted by atomic mass is 32.2. The van der Waals surface area contributed by atoms with E-state index in [0.29, 0.717) is 5.92 Å². The Labute approximate surface area is 111 Å².